The smallest absolute Gasteiger partial charge is 0.240 e. The summed E-state index contributed by atoms with van der Waals surface area (Å²) in [7, 11) is 0. The number of amides is 1. The first kappa shape index (κ1) is 12.8. The molecule has 0 saturated carbocycles. The highest BCUT2D eigenvalue weighted by Crippen LogP contribution is 2.24. The Morgan fingerprint density at radius 3 is 2.89 bits per heavy atom. The minimum absolute atomic E-state index is 0.238. The molecule has 1 fully saturated rings. The number of hydrogen-bond donors (Lipinski definition) is 2. The summed E-state index contributed by atoms with van der Waals surface area (Å²) in [5.41, 5.74) is 6.95. The van der Waals surface area contributed by atoms with E-state index < -0.39 is 6.10 Å². The lowest BCUT2D eigenvalue weighted by Crippen LogP contribution is -2.47. The first-order valence-electron chi connectivity index (χ1n) is 6.29. The van der Waals surface area contributed by atoms with Crippen molar-refractivity contribution in [3.8, 4) is 0 Å². The zero-order chi connectivity index (χ0) is 13.1. The number of carbonyl (C=O) groups excluding carboxylic acids is 1. The Bertz CT molecular complexity index is 417. The number of aliphatic hydroxyl groups excluding tert-OH is 1. The van der Waals surface area contributed by atoms with Gasteiger partial charge in [-0.25, -0.2) is 0 Å². The molecule has 3 N–H and O–H groups in total. The van der Waals surface area contributed by atoms with Gasteiger partial charge in [-0.15, -0.1) is 0 Å². The molecule has 0 aliphatic carbocycles. The number of anilines is 1. The van der Waals surface area contributed by atoms with Gasteiger partial charge in [0.1, 0.15) is 6.04 Å². The van der Waals surface area contributed by atoms with Gasteiger partial charge in [-0.1, -0.05) is 0 Å². The van der Waals surface area contributed by atoms with Crippen molar-refractivity contribution in [2.45, 2.75) is 38.3 Å². The number of nitrogens with two attached hydrogens (primary N) is 1. The van der Waals surface area contributed by atoms with Gasteiger partial charge in [0.2, 0.25) is 5.91 Å². The molecule has 98 valence electrons. The molecule has 1 aliphatic heterocycles. The van der Waals surface area contributed by atoms with E-state index in [1.165, 1.54) is 0 Å². The molecule has 2 rings (SSSR count). The largest absolute Gasteiger partial charge is 0.387 e. The second-order valence-corrected chi connectivity index (χ2v) is 4.72. The zero-order valence-electron chi connectivity index (χ0n) is 10.5. The van der Waals surface area contributed by atoms with Crippen LogP contribution in [-0.4, -0.2) is 28.6 Å². The van der Waals surface area contributed by atoms with Crippen LogP contribution in [0.25, 0.3) is 0 Å². The maximum atomic E-state index is 11.4. The van der Waals surface area contributed by atoms with Crippen molar-refractivity contribution in [2.24, 2.45) is 5.73 Å². The highest BCUT2D eigenvalue weighted by atomic mass is 16.3. The number of carbonyl (C=O) groups is 1. The van der Waals surface area contributed by atoms with Gasteiger partial charge in [0, 0.05) is 6.54 Å². The standard InChI is InChI=1S/C13H19N3O2/c1-9(17)11-6-5-10(8-15-11)16-7-3-2-4-12(16)13(14)18/h5-6,8-9,12,17H,2-4,7H2,1H3,(H2,14,18)/t9-,12?/m0/s1. The Morgan fingerprint density at radius 2 is 2.33 bits per heavy atom. The monoisotopic (exact) mass is 249 g/mol. The average molecular weight is 249 g/mol. The summed E-state index contributed by atoms with van der Waals surface area (Å²) in [5, 5.41) is 9.41. The molecule has 0 radical (unpaired) electrons. The molecule has 1 aromatic rings. The number of pyridine rings is 1. The van der Waals surface area contributed by atoms with E-state index in [0.29, 0.717) is 5.69 Å². The predicted molar refractivity (Wildman–Crippen MR) is 69.1 cm³/mol. The van der Waals surface area contributed by atoms with Crippen LogP contribution in [-0.2, 0) is 4.79 Å². The number of rotatable bonds is 3. The van der Waals surface area contributed by atoms with Crippen molar-refractivity contribution in [2.75, 3.05) is 11.4 Å². The Labute approximate surface area is 107 Å². The van der Waals surface area contributed by atoms with Crippen LogP contribution in [0, 0.1) is 0 Å². The zero-order valence-corrected chi connectivity index (χ0v) is 10.5. The van der Waals surface area contributed by atoms with E-state index in [4.69, 9.17) is 5.73 Å². The quantitative estimate of drug-likeness (QED) is 0.837. The van der Waals surface area contributed by atoms with Crippen LogP contribution in [0.15, 0.2) is 18.3 Å². The molecule has 1 saturated heterocycles. The second kappa shape index (κ2) is 5.35. The Kier molecular flexibility index (Phi) is 3.81. The first-order chi connectivity index (χ1) is 8.59. The summed E-state index contributed by atoms with van der Waals surface area (Å²) < 4.78 is 0. The molecule has 18 heavy (non-hydrogen) atoms. The maximum absolute atomic E-state index is 11.4. The van der Waals surface area contributed by atoms with Crippen LogP contribution >= 0.6 is 0 Å². The topological polar surface area (TPSA) is 79.5 Å². The van der Waals surface area contributed by atoms with Crippen LogP contribution < -0.4 is 10.6 Å². The molecule has 1 amide bonds. The number of aliphatic hydroxyl groups is 1. The lowest BCUT2D eigenvalue weighted by molar-refractivity contribution is -0.119. The van der Waals surface area contributed by atoms with E-state index in [9.17, 15) is 9.90 Å². The van der Waals surface area contributed by atoms with Crippen molar-refractivity contribution < 1.29 is 9.90 Å². The van der Waals surface area contributed by atoms with E-state index in [1.807, 2.05) is 11.0 Å². The van der Waals surface area contributed by atoms with Crippen molar-refractivity contribution >= 4 is 11.6 Å². The van der Waals surface area contributed by atoms with Crippen LogP contribution in [0.3, 0.4) is 0 Å². The predicted octanol–water partition coefficient (Wildman–Crippen LogP) is 0.979. The van der Waals surface area contributed by atoms with Gasteiger partial charge in [0.25, 0.3) is 0 Å². The summed E-state index contributed by atoms with van der Waals surface area (Å²) >= 11 is 0. The van der Waals surface area contributed by atoms with Crippen molar-refractivity contribution in [3.05, 3.63) is 24.0 Å². The normalized spacial score (nSPS) is 21.7. The van der Waals surface area contributed by atoms with E-state index in [-0.39, 0.29) is 11.9 Å². The Balaban J connectivity index is 2.20. The van der Waals surface area contributed by atoms with Gasteiger partial charge in [-0.05, 0) is 38.3 Å². The number of nitrogens with zero attached hydrogens (tertiary/aromatic N) is 2. The number of hydrogen-bond acceptors (Lipinski definition) is 4. The van der Waals surface area contributed by atoms with Crippen LogP contribution in [0.2, 0.25) is 0 Å². The molecular weight excluding hydrogens is 230 g/mol. The number of primary amides is 1. The van der Waals surface area contributed by atoms with Gasteiger partial charge in [-0.3, -0.25) is 9.78 Å². The van der Waals surface area contributed by atoms with Gasteiger partial charge in [0.15, 0.2) is 0 Å². The lowest BCUT2D eigenvalue weighted by atomic mass is 10.0. The molecule has 0 spiro atoms. The minimum Gasteiger partial charge on any atom is -0.387 e. The first-order valence-corrected chi connectivity index (χ1v) is 6.29. The highest BCUT2D eigenvalue weighted by Gasteiger charge is 2.27. The Morgan fingerprint density at radius 1 is 1.56 bits per heavy atom. The second-order valence-electron chi connectivity index (χ2n) is 4.72. The average Bonchev–Trinajstić information content (AvgIpc) is 2.39. The van der Waals surface area contributed by atoms with Crippen LogP contribution in [0.5, 0.6) is 0 Å². The van der Waals surface area contributed by atoms with Gasteiger partial charge >= 0.3 is 0 Å². The van der Waals surface area contributed by atoms with Crippen molar-refractivity contribution in [1.82, 2.24) is 4.98 Å². The van der Waals surface area contributed by atoms with Gasteiger partial charge < -0.3 is 15.7 Å². The third-order valence-corrected chi connectivity index (χ3v) is 3.36. The summed E-state index contributed by atoms with van der Waals surface area (Å²) in [6, 6.07) is 3.43. The van der Waals surface area contributed by atoms with E-state index in [2.05, 4.69) is 4.98 Å². The molecular formula is C13H19N3O2. The molecule has 2 heterocycles. The lowest BCUT2D eigenvalue weighted by Gasteiger charge is -2.35. The maximum Gasteiger partial charge on any atom is 0.240 e. The van der Waals surface area contributed by atoms with Crippen molar-refractivity contribution in [1.29, 1.82) is 0 Å². The highest BCUT2D eigenvalue weighted by molar-refractivity contribution is 5.83. The summed E-state index contributed by atoms with van der Waals surface area (Å²) in [6.07, 6.45) is 4.01. The summed E-state index contributed by atoms with van der Waals surface area (Å²) in [5.74, 6) is -0.283. The molecule has 1 unspecified atom stereocenters. The fraction of sp³-hybridized carbons (Fsp3) is 0.538. The third kappa shape index (κ3) is 2.61. The van der Waals surface area contributed by atoms with Crippen LogP contribution in [0.1, 0.15) is 38.0 Å². The SMILES string of the molecule is C[C@H](O)c1ccc(N2CCCCC2C(N)=O)cn1. The summed E-state index contributed by atoms with van der Waals surface area (Å²) in [6.45, 7) is 2.50. The number of piperidine rings is 1. The minimum atomic E-state index is -0.577. The summed E-state index contributed by atoms with van der Waals surface area (Å²) in [4.78, 5) is 17.6. The molecule has 2 atom stereocenters. The van der Waals surface area contributed by atoms with E-state index in [1.54, 1.807) is 19.2 Å². The molecule has 5 heteroatoms. The Hall–Kier alpha value is -1.62. The van der Waals surface area contributed by atoms with Crippen molar-refractivity contribution in [3.63, 3.8) is 0 Å². The molecule has 1 aromatic heterocycles. The van der Waals surface area contributed by atoms with E-state index >= 15 is 0 Å². The molecule has 0 bridgehead atoms. The molecule has 1 aliphatic rings. The number of aromatic nitrogens is 1. The third-order valence-electron chi connectivity index (χ3n) is 3.36. The van der Waals surface area contributed by atoms with E-state index in [0.717, 1.165) is 31.5 Å². The van der Waals surface area contributed by atoms with Gasteiger partial charge in [-0.2, -0.15) is 0 Å². The molecule has 0 aromatic carbocycles. The van der Waals surface area contributed by atoms with Gasteiger partial charge in [0.05, 0.1) is 23.7 Å². The fourth-order valence-electron chi connectivity index (χ4n) is 2.35. The fourth-order valence-corrected chi connectivity index (χ4v) is 2.35. The molecule has 5 nitrogen and oxygen atoms in total. The van der Waals surface area contributed by atoms with Crippen LogP contribution in [0.4, 0.5) is 5.69 Å².